The molecule has 2 aromatic heterocycles. The van der Waals surface area contributed by atoms with Crippen molar-refractivity contribution in [2.45, 2.75) is 37.6 Å². The largest absolute Gasteiger partial charge is 0.383 e. The van der Waals surface area contributed by atoms with E-state index in [9.17, 15) is 4.39 Å². The molecule has 160 valence electrons. The maximum atomic E-state index is 13.7. The van der Waals surface area contributed by atoms with E-state index in [2.05, 4.69) is 45.2 Å². The summed E-state index contributed by atoms with van der Waals surface area (Å²) >= 11 is 2.07. The summed E-state index contributed by atoms with van der Waals surface area (Å²) in [6, 6.07) is 12.5. The molecule has 4 nitrogen and oxygen atoms in total. The van der Waals surface area contributed by atoms with E-state index in [1.165, 1.54) is 60.6 Å². The molecule has 6 heteroatoms. The van der Waals surface area contributed by atoms with E-state index >= 15 is 0 Å². The summed E-state index contributed by atoms with van der Waals surface area (Å²) < 4.78 is 13.7. The molecule has 0 aliphatic carbocycles. The zero-order valence-corrected chi connectivity index (χ0v) is 18.3. The standard InChI is InChI=1S/C25H27FN4S/c26-24-14-18(5-9-29-24)21-13-19(15-30-25(21)27)17-3-4-20(16-6-10-31-11-7-16)22(12-17)23-2-1-8-28-23/h3-5,9,12-16,23,28H,1-2,6-8,10-11H2,(H2,27,30)/t23-/m0/s1. The topological polar surface area (TPSA) is 63.8 Å². The van der Waals surface area contributed by atoms with Gasteiger partial charge in [0.2, 0.25) is 5.95 Å². The van der Waals surface area contributed by atoms with Crippen molar-refractivity contribution in [2.24, 2.45) is 0 Å². The van der Waals surface area contributed by atoms with Gasteiger partial charge in [0.25, 0.3) is 0 Å². The average Bonchev–Trinajstić information content (AvgIpc) is 3.35. The monoisotopic (exact) mass is 434 g/mol. The summed E-state index contributed by atoms with van der Waals surface area (Å²) in [5, 5.41) is 3.69. The van der Waals surface area contributed by atoms with Crippen molar-refractivity contribution < 1.29 is 4.39 Å². The van der Waals surface area contributed by atoms with Crippen LogP contribution < -0.4 is 11.1 Å². The second-order valence-corrected chi connectivity index (χ2v) is 9.63. The molecule has 3 N–H and O–H groups in total. The first-order valence-corrected chi connectivity index (χ1v) is 12.2. The third kappa shape index (κ3) is 4.32. The highest BCUT2D eigenvalue weighted by Gasteiger charge is 2.25. The quantitative estimate of drug-likeness (QED) is 0.526. The molecule has 5 rings (SSSR count). The number of benzene rings is 1. The van der Waals surface area contributed by atoms with Crippen molar-refractivity contribution in [3.63, 3.8) is 0 Å². The number of hydrogen-bond acceptors (Lipinski definition) is 5. The number of rotatable bonds is 4. The Morgan fingerprint density at radius 1 is 0.935 bits per heavy atom. The van der Waals surface area contributed by atoms with Gasteiger partial charge in [0.1, 0.15) is 5.82 Å². The van der Waals surface area contributed by atoms with Crippen LogP contribution in [0.1, 0.15) is 48.8 Å². The Labute approximate surface area is 186 Å². The fourth-order valence-corrected chi connectivity index (χ4v) is 5.93. The van der Waals surface area contributed by atoms with Crippen molar-refractivity contribution in [1.29, 1.82) is 0 Å². The molecular weight excluding hydrogens is 407 g/mol. The number of pyridine rings is 2. The third-order valence-corrected chi connectivity index (χ3v) is 7.52. The zero-order valence-electron chi connectivity index (χ0n) is 17.5. The Bertz CT molecular complexity index is 1070. The van der Waals surface area contributed by atoms with Crippen LogP contribution in [0.4, 0.5) is 10.2 Å². The van der Waals surface area contributed by atoms with Crippen LogP contribution in [-0.4, -0.2) is 28.0 Å². The first-order chi connectivity index (χ1) is 15.2. The predicted octanol–water partition coefficient (Wildman–Crippen LogP) is 5.57. The summed E-state index contributed by atoms with van der Waals surface area (Å²) in [7, 11) is 0. The van der Waals surface area contributed by atoms with E-state index < -0.39 is 5.95 Å². The molecule has 1 aromatic carbocycles. The molecule has 0 unspecified atom stereocenters. The Hall–Kier alpha value is -2.44. The summed E-state index contributed by atoms with van der Waals surface area (Å²) in [5.74, 6) is 3.01. The fourth-order valence-electron chi connectivity index (χ4n) is 4.82. The van der Waals surface area contributed by atoms with Crippen molar-refractivity contribution >= 4 is 17.6 Å². The van der Waals surface area contributed by atoms with Gasteiger partial charge in [-0.2, -0.15) is 16.2 Å². The lowest BCUT2D eigenvalue weighted by molar-refractivity contribution is 0.584. The molecule has 2 fully saturated rings. The van der Waals surface area contributed by atoms with Gasteiger partial charge >= 0.3 is 0 Å². The second-order valence-electron chi connectivity index (χ2n) is 8.40. The Morgan fingerprint density at radius 3 is 2.58 bits per heavy atom. The molecular formula is C25H27FN4S. The SMILES string of the molecule is Nc1ncc(-c2ccc(C3CCSCC3)c([C@@H]3CCCN3)c2)cc1-c1ccnc(F)c1. The van der Waals surface area contributed by atoms with Gasteiger partial charge in [-0.1, -0.05) is 12.1 Å². The van der Waals surface area contributed by atoms with E-state index in [0.717, 1.165) is 23.2 Å². The number of nitrogen functional groups attached to an aromatic ring is 1. The molecule has 2 aliphatic rings. The number of nitrogens with zero attached hydrogens (tertiary/aromatic N) is 2. The van der Waals surface area contributed by atoms with E-state index in [1.807, 2.05) is 12.3 Å². The molecule has 2 aliphatic heterocycles. The van der Waals surface area contributed by atoms with Gasteiger partial charge in [0.15, 0.2) is 0 Å². The Balaban J connectivity index is 1.56. The van der Waals surface area contributed by atoms with Crippen LogP contribution in [0.5, 0.6) is 0 Å². The van der Waals surface area contributed by atoms with Gasteiger partial charge in [-0.05, 0) is 90.1 Å². The van der Waals surface area contributed by atoms with Crippen molar-refractivity contribution in [2.75, 3.05) is 23.8 Å². The Morgan fingerprint density at radius 2 is 1.81 bits per heavy atom. The maximum absolute atomic E-state index is 13.7. The molecule has 31 heavy (non-hydrogen) atoms. The second kappa shape index (κ2) is 8.97. The molecule has 4 heterocycles. The lowest BCUT2D eigenvalue weighted by Crippen LogP contribution is -2.18. The van der Waals surface area contributed by atoms with Gasteiger partial charge in [0.05, 0.1) is 0 Å². The molecule has 0 spiro atoms. The van der Waals surface area contributed by atoms with Crippen LogP contribution in [0.15, 0.2) is 48.8 Å². The summed E-state index contributed by atoms with van der Waals surface area (Å²) in [5.41, 5.74) is 12.6. The van der Waals surface area contributed by atoms with Crippen LogP contribution >= 0.6 is 11.8 Å². The van der Waals surface area contributed by atoms with Crippen LogP contribution in [-0.2, 0) is 0 Å². The number of anilines is 1. The molecule has 2 saturated heterocycles. The molecule has 0 amide bonds. The normalized spacial score (nSPS) is 19.6. The van der Waals surface area contributed by atoms with Crippen LogP contribution in [0.2, 0.25) is 0 Å². The average molecular weight is 435 g/mol. The smallest absolute Gasteiger partial charge is 0.213 e. The molecule has 0 saturated carbocycles. The number of hydrogen-bond donors (Lipinski definition) is 2. The minimum Gasteiger partial charge on any atom is -0.383 e. The number of halogens is 1. The summed E-state index contributed by atoms with van der Waals surface area (Å²) in [6.07, 6.45) is 8.18. The Kier molecular flexibility index (Phi) is 5.92. The highest BCUT2D eigenvalue weighted by Crippen LogP contribution is 2.39. The molecule has 3 aromatic rings. The number of aromatic nitrogens is 2. The predicted molar refractivity (Wildman–Crippen MR) is 127 cm³/mol. The molecule has 1 atom stereocenters. The van der Waals surface area contributed by atoms with E-state index in [1.54, 1.807) is 6.07 Å². The van der Waals surface area contributed by atoms with Gasteiger partial charge in [-0.3, -0.25) is 0 Å². The lowest BCUT2D eigenvalue weighted by atomic mass is 9.85. The van der Waals surface area contributed by atoms with Crippen molar-refractivity contribution in [3.05, 3.63) is 65.9 Å². The third-order valence-electron chi connectivity index (χ3n) is 6.47. The zero-order chi connectivity index (χ0) is 21.2. The highest BCUT2D eigenvalue weighted by atomic mass is 32.2. The van der Waals surface area contributed by atoms with Crippen molar-refractivity contribution in [1.82, 2.24) is 15.3 Å². The highest BCUT2D eigenvalue weighted by molar-refractivity contribution is 7.99. The molecule has 0 radical (unpaired) electrons. The van der Waals surface area contributed by atoms with Crippen molar-refractivity contribution in [3.8, 4) is 22.3 Å². The fraction of sp³-hybridized carbons (Fsp3) is 0.360. The number of nitrogens with one attached hydrogen (secondary N) is 1. The molecule has 0 bridgehead atoms. The maximum Gasteiger partial charge on any atom is 0.213 e. The minimum absolute atomic E-state index is 0.392. The first-order valence-electron chi connectivity index (χ1n) is 11.0. The van der Waals surface area contributed by atoms with Gasteiger partial charge in [-0.25, -0.2) is 9.97 Å². The van der Waals surface area contributed by atoms with E-state index in [4.69, 9.17) is 5.73 Å². The first kappa shape index (κ1) is 20.5. The van der Waals surface area contributed by atoms with E-state index in [0.29, 0.717) is 23.3 Å². The van der Waals surface area contributed by atoms with Gasteiger partial charge in [-0.15, -0.1) is 0 Å². The lowest BCUT2D eigenvalue weighted by Gasteiger charge is -2.27. The van der Waals surface area contributed by atoms with E-state index in [-0.39, 0.29) is 0 Å². The van der Waals surface area contributed by atoms with Crippen LogP contribution in [0.25, 0.3) is 22.3 Å². The van der Waals surface area contributed by atoms with Gasteiger partial charge in [0, 0.05) is 35.6 Å². The summed E-state index contributed by atoms with van der Waals surface area (Å²) in [6.45, 7) is 1.08. The number of thioether (sulfide) groups is 1. The number of nitrogens with two attached hydrogens (primary N) is 1. The minimum atomic E-state index is -0.521. The summed E-state index contributed by atoms with van der Waals surface area (Å²) in [4.78, 5) is 8.07. The van der Waals surface area contributed by atoms with Crippen LogP contribution in [0.3, 0.4) is 0 Å². The van der Waals surface area contributed by atoms with Gasteiger partial charge < -0.3 is 11.1 Å². The van der Waals surface area contributed by atoms with Crippen LogP contribution in [0, 0.1) is 5.95 Å².